The lowest BCUT2D eigenvalue weighted by Gasteiger charge is -2.07. The molecule has 0 aliphatic heterocycles. The number of carboxylic acids is 1. The number of carboxylic acid groups (broad SMARTS) is 1. The molecule has 0 radical (unpaired) electrons. The molecule has 128 valence electrons. The van der Waals surface area contributed by atoms with Crippen LogP contribution in [0.15, 0.2) is 42.5 Å². The van der Waals surface area contributed by atoms with Crippen molar-refractivity contribution in [1.29, 1.82) is 0 Å². The van der Waals surface area contributed by atoms with E-state index in [4.69, 9.17) is 9.47 Å². The predicted molar refractivity (Wildman–Crippen MR) is 99.3 cm³/mol. The Labute approximate surface area is 149 Å². The molecular weight excluding hydrogens is 338 g/mol. The number of benzene rings is 2. The Morgan fingerprint density at radius 3 is 2.44 bits per heavy atom. The monoisotopic (exact) mass is 355 g/mol. The van der Waals surface area contributed by atoms with Crippen LogP contribution in [-0.4, -0.2) is 30.3 Å². The third-order valence-electron chi connectivity index (χ3n) is 3.62. The van der Waals surface area contributed by atoms with Gasteiger partial charge in [-0.25, -0.2) is 4.98 Å². The number of carbonyl (C=O) groups is 1. The molecule has 2 aromatic carbocycles. The summed E-state index contributed by atoms with van der Waals surface area (Å²) in [7, 11) is 3.15. The van der Waals surface area contributed by atoms with Crippen molar-refractivity contribution in [2.75, 3.05) is 14.2 Å². The van der Waals surface area contributed by atoms with Gasteiger partial charge in [-0.15, -0.1) is 11.3 Å². The van der Waals surface area contributed by atoms with Gasteiger partial charge in [0.25, 0.3) is 0 Å². The second-order valence-electron chi connectivity index (χ2n) is 5.37. The van der Waals surface area contributed by atoms with Gasteiger partial charge in [0, 0.05) is 6.07 Å². The van der Waals surface area contributed by atoms with Crippen molar-refractivity contribution in [1.82, 2.24) is 4.98 Å². The molecule has 0 atom stereocenters. The number of rotatable bonds is 6. The summed E-state index contributed by atoms with van der Waals surface area (Å²) in [4.78, 5) is 15.9. The maximum Gasteiger partial charge on any atom is 0.307 e. The summed E-state index contributed by atoms with van der Waals surface area (Å²) in [5.74, 6) is 0.384. The van der Waals surface area contributed by atoms with Gasteiger partial charge in [0.15, 0.2) is 0 Å². The van der Waals surface area contributed by atoms with Crippen LogP contribution >= 0.6 is 11.3 Å². The molecule has 0 aliphatic carbocycles. The highest BCUT2D eigenvalue weighted by Gasteiger charge is 2.13. The molecule has 1 aromatic heterocycles. The molecule has 5 nitrogen and oxygen atoms in total. The van der Waals surface area contributed by atoms with E-state index in [0.717, 1.165) is 15.8 Å². The maximum absolute atomic E-state index is 11.3. The Balaban J connectivity index is 2.09. The van der Waals surface area contributed by atoms with Crippen LogP contribution < -0.4 is 9.47 Å². The molecule has 0 bridgehead atoms. The van der Waals surface area contributed by atoms with E-state index < -0.39 is 5.97 Å². The first-order valence-corrected chi connectivity index (χ1v) is 8.42. The van der Waals surface area contributed by atoms with Gasteiger partial charge in [-0.2, -0.15) is 0 Å². The summed E-state index contributed by atoms with van der Waals surface area (Å²) < 4.78 is 11.6. The van der Waals surface area contributed by atoms with E-state index >= 15 is 0 Å². The van der Waals surface area contributed by atoms with E-state index in [1.165, 1.54) is 11.3 Å². The Bertz CT molecular complexity index is 890. The van der Waals surface area contributed by atoms with Crippen LogP contribution in [0.4, 0.5) is 0 Å². The molecule has 0 spiro atoms. The molecule has 0 aliphatic rings. The van der Waals surface area contributed by atoms with E-state index in [9.17, 15) is 9.90 Å². The SMILES string of the molecule is COc1cc(C=C(CC(=O)O)c2nc3ccccc3s2)cc(OC)c1. The Morgan fingerprint density at radius 1 is 1.16 bits per heavy atom. The number of fused-ring (bicyclic) bond motifs is 1. The number of para-hydroxylation sites is 1. The van der Waals surface area contributed by atoms with E-state index in [1.807, 2.05) is 42.5 Å². The van der Waals surface area contributed by atoms with E-state index in [2.05, 4.69) is 4.98 Å². The number of aliphatic carboxylic acids is 1. The fraction of sp³-hybridized carbons (Fsp3) is 0.158. The Hall–Kier alpha value is -2.86. The summed E-state index contributed by atoms with van der Waals surface area (Å²) in [6, 6.07) is 13.2. The van der Waals surface area contributed by atoms with Crippen LogP contribution in [0, 0.1) is 0 Å². The second-order valence-corrected chi connectivity index (χ2v) is 6.40. The van der Waals surface area contributed by atoms with Crippen molar-refractivity contribution in [3.63, 3.8) is 0 Å². The lowest BCUT2D eigenvalue weighted by molar-refractivity contribution is -0.135. The molecule has 6 heteroatoms. The number of hydrogen-bond donors (Lipinski definition) is 1. The van der Waals surface area contributed by atoms with Crippen molar-refractivity contribution in [2.45, 2.75) is 6.42 Å². The summed E-state index contributed by atoms with van der Waals surface area (Å²) in [5, 5.41) is 9.99. The average molecular weight is 355 g/mol. The molecule has 0 saturated heterocycles. The largest absolute Gasteiger partial charge is 0.497 e. The number of aromatic nitrogens is 1. The lowest BCUT2D eigenvalue weighted by atomic mass is 10.1. The number of methoxy groups -OCH3 is 2. The van der Waals surface area contributed by atoms with Crippen LogP contribution in [-0.2, 0) is 4.79 Å². The van der Waals surface area contributed by atoms with E-state index in [1.54, 1.807) is 20.3 Å². The lowest BCUT2D eigenvalue weighted by Crippen LogP contribution is -1.97. The highest BCUT2D eigenvalue weighted by molar-refractivity contribution is 7.19. The minimum absolute atomic E-state index is 0.112. The van der Waals surface area contributed by atoms with Crippen LogP contribution in [0.1, 0.15) is 17.0 Å². The van der Waals surface area contributed by atoms with Gasteiger partial charge >= 0.3 is 5.97 Å². The van der Waals surface area contributed by atoms with Crippen molar-refractivity contribution < 1.29 is 19.4 Å². The fourth-order valence-electron chi connectivity index (χ4n) is 2.47. The van der Waals surface area contributed by atoms with Gasteiger partial charge in [0.05, 0.1) is 30.9 Å². The third kappa shape index (κ3) is 3.97. The van der Waals surface area contributed by atoms with E-state index in [0.29, 0.717) is 22.1 Å². The quantitative estimate of drug-likeness (QED) is 0.713. The topological polar surface area (TPSA) is 68.7 Å². The van der Waals surface area contributed by atoms with Gasteiger partial charge < -0.3 is 14.6 Å². The second kappa shape index (κ2) is 7.36. The molecule has 25 heavy (non-hydrogen) atoms. The Kier molecular flexibility index (Phi) is 5.00. The van der Waals surface area contributed by atoms with Gasteiger partial charge in [-0.1, -0.05) is 12.1 Å². The van der Waals surface area contributed by atoms with Gasteiger partial charge in [-0.05, 0) is 41.5 Å². The molecule has 0 fully saturated rings. The first-order valence-electron chi connectivity index (χ1n) is 7.60. The summed E-state index contributed by atoms with van der Waals surface area (Å²) in [6.07, 6.45) is 1.70. The predicted octanol–water partition coefficient (Wildman–Crippen LogP) is 4.33. The fourth-order valence-corrected chi connectivity index (χ4v) is 3.45. The molecule has 0 amide bonds. The molecule has 3 rings (SSSR count). The third-order valence-corrected chi connectivity index (χ3v) is 4.74. The molecule has 3 aromatic rings. The molecule has 0 saturated carbocycles. The molecule has 1 heterocycles. The van der Waals surface area contributed by atoms with Crippen LogP contribution in [0.25, 0.3) is 21.9 Å². The highest BCUT2D eigenvalue weighted by atomic mass is 32.1. The first-order chi connectivity index (χ1) is 12.1. The average Bonchev–Trinajstić information content (AvgIpc) is 3.04. The molecule has 1 N–H and O–H groups in total. The van der Waals surface area contributed by atoms with Crippen LogP contribution in [0.2, 0.25) is 0 Å². The summed E-state index contributed by atoms with van der Waals surface area (Å²) in [6.45, 7) is 0. The van der Waals surface area contributed by atoms with Gasteiger partial charge in [-0.3, -0.25) is 4.79 Å². The van der Waals surface area contributed by atoms with Crippen molar-refractivity contribution in [3.05, 3.63) is 53.0 Å². The van der Waals surface area contributed by atoms with Crippen molar-refractivity contribution in [3.8, 4) is 11.5 Å². The Morgan fingerprint density at radius 2 is 1.84 bits per heavy atom. The van der Waals surface area contributed by atoms with Crippen molar-refractivity contribution in [2.24, 2.45) is 0 Å². The maximum atomic E-state index is 11.3. The zero-order valence-corrected chi connectivity index (χ0v) is 14.7. The smallest absolute Gasteiger partial charge is 0.307 e. The zero-order valence-electron chi connectivity index (χ0n) is 13.9. The molecule has 0 unspecified atom stereocenters. The first kappa shape index (κ1) is 17.0. The number of ether oxygens (including phenoxy) is 2. The van der Waals surface area contributed by atoms with Crippen LogP contribution in [0.5, 0.6) is 11.5 Å². The van der Waals surface area contributed by atoms with Crippen molar-refractivity contribution >= 4 is 39.2 Å². The summed E-state index contributed by atoms with van der Waals surface area (Å²) in [5.41, 5.74) is 2.30. The van der Waals surface area contributed by atoms with Crippen LogP contribution in [0.3, 0.4) is 0 Å². The minimum Gasteiger partial charge on any atom is -0.497 e. The number of thiazole rings is 1. The number of hydrogen-bond acceptors (Lipinski definition) is 5. The van der Waals surface area contributed by atoms with Gasteiger partial charge in [0.1, 0.15) is 16.5 Å². The minimum atomic E-state index is -0.902. The number of nitrogens with zero attached hydrogens (tertiary/aromatic N) is 1. The zero-order chi connectivity index (χ0) is 17.8. The van der Waals surface area contributed by atoms with E-state index in [-0.39, 0.29) is 6.42 Å². The standard InChI is InChI=1S/C19H17NO4S/c1-23-14-8-12(9-15(11-14)24-2)7-13(10-18(21)22)19-20-16-5-3-4-6-17(16)25-19/h3-9,11H,10H2,1-2H3,(H,21,22). The molecular formula is C19H17NO4S. The van der Waals surface area contributed by atoms with Gasteiger partial charge in [0.2, 0.25) is 0 Å². The normalized spacial score (nSPS) is 11.5. The summed E-state index contributed by atoms with van der Waals surface area (Å²) >= 11 is 1.48. The highest BCUT2D eigenvalue weighted by Crippen LogP contribution is 2.32.